The van der Waals surface area contributed by atoms with Gasteiger partial charge in [0.2, 0.25) is 41.4 Å². The molecule has 1 saturated heterocycles. The number of H-pyrrole nitrogens is 1. The summed E-state index contributed by atoms with van der Waals surface area (Å²) in [7, 11) is 0. The van der Waals surface area contributed by atoms with E-state index in [0.717, 1.165) is 25.7 Å². The number of ether oxygens (including phenoxy) is 3. The van der Waals surface area contributed by atoms with Crippen LogP contribution in [0.25, 0.3) is 0 Å². The highest BCUT2D eigenvalue weighted by Crippen LogP contribution is 2.10. The number of anilines is 1. The monoisotopic (exact) mass is 1170 g/mol. The summed E-state index contributed by atoms with van der Waals surface area (Å²) >= 11 is 0. The molecule has 0 saturated carbocycles. The number of hydrogen-bond acceptors (Lipinski definition) is 16. The molecule has 11 amide bonds. The van der Waals surface area contributed by atoms with Gasteiger partial charge in [0.05, 0.1) is 39.4 Å². The second-order valence-electron chi connectivity index (χ2n) is 19.1. The van der Waals surface area contributed by atoms with Crippen LogP contribution < -0.4 is 75.5 Å². The zero-order valence-corrected chi connectivity index (χ0v) is 46.9. The Morgan fingerprint density at radius 1 is 0.639 bits per heavy atom. The van der Waals surface area contributed by atoms with Crippen LogP contribution in [0.1, 0.15) is 94.7 Å². The largest absolute Gasteiger partial charge is 0.481 e. The first-order valence-corrected chi connectivity index (χ1v) is 27.6. The predicted octanol–water partition coefficient (Wildman–Crippen LogP) is -1.88. The van der Waals surface area contributed by atoms with Crippen LogP contribution in [0, 0.1) is 6.92 Å². The molecule has 0 spiro atoms. The Morgan fingerprint density at radius 2 is 1.19 bits per heavy atom. The normalized spacial score (nSPS) is 16.6. The summed E-state index contributed by atoms with van der Waals surface area (Å²) in [5.41, 5.74) is 11.6. The van der Waals surface area contributed by atoms with Gasteiger partial charge in [-0.05, 0) is 70.3 Å². The molecule has 0 unspecified atom stereocenters. The first-order chi connectivity index (χ1) is 39.9. The molecule has 1 aliphatic heterocycles. The summed E-state index contributed by atoms with van der Waals surface area (Å²) in [5, 5.41) is 38.2. The van der Waals surface area contributed by atoms with E-state index in [-0.39, 0.29) is 108 Å². The van der Waals surface area contributed by atoms with E-state index in [2.05, 4.69) is 73.4 Å². The zero-order chi connectivity index (χ0) is 60.6. The van der Waals surface area contributed by atoms with Gasteiger partial charge in [0, 0.05) is 63.9 Å². The summed E-state index contributed by atoms with van der Waals surface area (Å²) < 4.78 is 16.0. The second-order valence-corrected chi connectivity index (χ2v) is 19.1. The molecule has 2 heterocycles. The number of aliphatic imine (C=N–C) groups is 1. The minimum atomic E-state index is -1.62. The molecule has 0 bridgehead atoms. The number of guanidine groups is 1. The number of nitrogens with zero attached hydrogens (tertiary/aromatic N) is 2. The topological polar surface area (TPSA) is 461 Å². The number of aromatic nitrogens is 2. The van der Waals surface area contributed by atoms with Gasteiger partial charge in [-0.3, -0.25) is 53.6 Å². The van der Waals surface area contributed by atoms with Gasteiger partial charge in [0.15, 0.2) is 5.96 Å². The van der Waals surface area contributed by atoms with Crippen molar-refractivity contribution in [3.8, 4) is 0 Å². The highest BCUT2D eigenvalue weighted by molar-refractivity contribution is 5.98. The van der Waals surface area contributed by atoms with Crippen LogP contribution in [0.2, 0.25) is 0 Å². The van der Waals surface area contributed by atoms with Crippen LogP contribution in [0.4, 0.5) is 20.3 Å². The summed E-state index contributed by atoms with van der Waals surface area (Å²) in [6.07, 6.45) is 3.91. The predicted molar refractivity (Wildman–Crippen MR) is 301 cm³/mol. The van der Waals surface area contributed by atoms with E-state index < -0.39 is 84.8 Å². The fourth-order valence-electron chi connectivity index (χ4n) is 7.86. The smallest absolute Gasteiger partial charge is 0.407 e. The van der Waals surface area contributed by atoms with Gasteiger partial charge in [0.25, 0.3) is 5.56 Å². The van der Waals surface area contributed by atoms with Crippen molar-refractivity contribution < 1.29 is 67.3 Å². The SMILES string of the molecule is Cc1cc(=O)[nH]c(NC(=O)NCCCCCCNC(=O)NCCCCNC(=O)OCCOCCOCCC(=O)NCCCC[C@@H]2NC(=O)[C@@H](Cc3ccccc3)NC(=O)[C@H](CC(=O)O)NC(=O)CNC(=O)[C@H](CCCN=C(N)N)NC2=O)n1. The molecule has 3 rings (SSSR count). The maximum Gasteiger partial charge on any atom is 0.407 e. The number of alkyl carbamates (subject to hydrolysis) is 1. The molecule has 2 aromatic rings. The molecular formula is C52H82N16O15. The quantitative estimate of drug-likeness (QED) is 0.0204. The Labute approximate surface area is 480 Å². The molecule has 1 aromatic heterocycles. The van der Waals surface area contributed by atoms with E-state index >= 15 is 0 Å². The van der Waals surface area contributed by atoms with Crippen LogP contribution in [0.5, 0.6) is 0 Å². The van der Waals surface area contributed by atoms with E-state index in [1.165, 1.54) is 6.07 Å². The van der Waals surface area contributed by atoms with E-state index in [1.807, 2.05) is 0 Å². The molecule has 4 atom stereocenters. The van der Waals surface area contributed by atoms with Gasteiger partial charge in [-0.1, -0.05) is 43.2 Å². The van der Waals surface area contributed by atoms with E-state index in [4.69, 9.17) is 25.7 Å². The number of aryl methyl sites for hydroxylation is 1. The summed E-state index contributed by atoms with van der Waals surface area (Å²) in [6.45, 7) is 3.58. The lowest BCUT2D eigenvalue weighted by molar-refractivity contribution is -0.141. The van der Waals surface area contributed by atoms with Gasteiger partial charge >= 0.3 is 24.1 Å². The van der Waals surface area contributed by atoms with E-state index in [1.54, 1.807) is 37.3 Å². The van der Waals surface area contributed by atoms with Gasteiger partial charge < -0.3 is 84.0 Å². The fraction of sp³-hybridized carbons (Fsp3) is 0.596. The van der Waals surface area contributed by atoms with Crippen molar-refractivity contribution in [1.82, 2.24) is 63.1 Å². The average Bonchev–Trinajstić information content (AvgIpc) is 3.64. The number of nitrogens with one attached hydrogen (secondary N) is 12. The van der Waals surface area contributed by atoms with Crippen molar-refractivity contribution in [3.05, 3.63) is 58.0 Å². The Bertz CT molecular complexity index is 2480. The second kappa shape index (κ2) is 40.5. The number of carboxylic acid groups (broad SMARTS) is 1. The van der Waals surface area contributed by atoms with Crippen molar-refractivity contribution in [2.45, 2.75) is 121 Å². The highest BCUT2D eigenvalue weighted by atomic mass is 16.6. The molecule has 31 nitrogen and oxygen atoms in total. The van der Waals surface area contributed by atoms with E-state index in [0.29, 0.717) is 63.1 Å². The highest BCUT2D eigenvalue weighted by Gasteiger charge is 2.33. The number of carbonyl (C=O) groups is 10. The standard InChI is InChI=1S/C52H82N16O15/c1-34-30-41(70)67-49(62-34)68-51(79)59-21-9-3-2-8-20-57-50(78)58-22-11-12-23-60-52(80)83-29-28-82-27-26-81-25-18-40(69)55-19-10-7-16-37-45(75)64-36(17-13-24-56-48(53)54)44(74)61-33-42(71)63-39(32-43(72)73)47(77)66-38(46(76)65-37)31-35-14-5-4-6-15-35/h4-6,14-15,30,36-39H,2-3,7-13,16-29,31-33H2,1H3,(H,55,69)(H,60,80)(H,61,74)(H,63,71)(H,64,75)(H,65,76)(H,66,77)(H,72,73)(H4,53,54,56)(H2,57,58,78)(H3,59,62,67,68,70,79)/t36-,37-,38+,39-/m0/s1. The molecular weight excluding hydrogens is 1090 g/mol. The molecule has 83 heavy (non-hydrogen) atoms. The number of aliphatic carboxylic acids is 1. The Morgan fingerprint density at radius 3 is 1.86 bits per heavy atom. The van der Waals surface area contributed by atoms with Crippen LogP contribution in [0.3, 0.4) is 0 Å². The molecule has 1 fully saturated rings. The number of aromatic amines is 1. The maximum absolute atomic E-state index is 14.0. The number of hydrogen-bond donors (Lipinski definition) is 15. The molecule has 1 aliphatic rings. The maximum atomic E-state index is 14.0. The number of nitrogens with two attached hydrogens (primary N) is 2. The number of urea groups is 2. The van der Waals surface area contributed by atoms with E-state index in [9.17, 15) is 57.8 Å². The first-order valence-electron chi connectivity index (χ1n) is 27.6. The number of benzene rings is 1. The molecule has 31 heteroatoms. The lowest BCUT2D eigenvalue weighted by Gasteiger charge is -2.26. The Kier molecular flexibility index (Phi) is 33.5. The third kappa shape index (κ3) is 32.4. The van der Waals surface area contributed by atoms with Gasteiger partial charge in [-0.25, -0.2) is 19.4 Å². The summed E-state index contributed by atoms with van der Waals surface area (Å²) in [5.74, 6) is -6.03. The molecule has 1 aromatic carbocycles. The lowest BCUT2D eigenvalue weighted by Crippen LogP contribution is -2.58. The minimum Gasteiger partial charge on any atom is -0.481 e. The summed E-state index contributed by atoms with van der Waals surface area (Å²) in [6, 6.07) is 3.72. The third-order valence-electron chi connectivity index (χ3n) is 12.1. The molecule has 17 N–H and O–H groups in total. The third-order valence-corrected chi connectivity index (χ3v) is 12.1. The Balaban J connectivity index is 1.28. The Hall–Kier alpha value is -8.61. The van der Waals surface area contributed by atoms with Crippen molar-refractivity contribution in [1.29, 1.82) is 0 Å². The average molecular weight is 1170 g/mol. The number of carbonyl (C=O) groups excluding carboxylic acids is 9. The van der Waals surface area contributed by atoms with Crippen molar-refractivity contribution in [3.63, 3.8) is 0 Å². The number of unbranched alkanes of at least 4 members (excludes halogenated alkanes) is 5. The first kappa shape index (κ1) is 68.7. The number of carboxylic acids is 1. The summed E-state index contributed by atoms with van der Waals surface area (Å²) in [4.78, 5) is 150. The van der Waals surface area contributed by atoms with Crippen molar-refractivity contribution in [2.75, 3.05) is 84.2 Å². The molecule has 460 valence electrons. The molecule has 0 radical (unpaired) electrons. The molecule has 0 aliphatic carbocycles. The van der Waals surface area contributed by atoms with Crippen molar-refractivity contribution >= 4 is 71.5 Å². The van der Waals surface area contributed by atoms with Gasteiger partial charge in [-0.2, -0.15) is 0 Å². The zero-order valence-electron chi connectivity index (χ0n) is 46.9. The fourth-order valence-corrected chi connectivity index (χ4v) is 7.86. The number of amides is 11. The van der Waals surface area contributed by atoms with Crippen molar-refractivity contribution in [2.24, 2.45) is 16.5 Å². The number of rotatable bonds is 35. The van der Waals surface area contributed by atoms with Crippen LogP contribution in [-0.4, -0.2) is 184 Å². The van der Waals surface area contributed by atoms with Crippen LogP contribution in [0.15, 0.2) is 46.2 Å². The minimum absolute atomic E-state index is 0.00231. The lowest BCUT2D eigenvalue weighted by atomic mass is 10.0. The van der Waals surface area contributed by atoms with Crippen LogP contribution >= 0.6 is 0 Å². The van der Waals surface area contributed by atoms with Gasteiger partial charge in [0.1, 0.15) is 30.8 Å². The van der Waals surface area contributed by atoms with Crippen LogP contribution in [-0.2, 0) is 54.2 Å². The van der Waals surface area contributed by atoms with Gasteiger partial charge in [-0.15, -0.1) is 0 Å².